The molecule has 106 valence electrons. The van der Waals surface area contributed by atoms with E-state index in [1.54, 1.807) is 24.3 Å². The van der Waals surface area contributed by atoms with Crippen LogP contribution < -0.4 is 15.4 Å². The van der Waals surface area contributed by atoms with E-state index >= 15 is 0 Å². The van der Waals surface area contributed by atoms with Gasteiger partial charge in [0.25, 0.3) is 10.0 Å². The summed E-state index contributed by atoms with van der Waals surface area (Å²) in [6, 6.07) is 7.25. The van der Waals surface area contributed by atoms with Gasteiger partial charge >= 0.3 is 6.03 Å². The SMILES string of the molecule is CNC(=O)Nc1ccc(NS(=O)(=O)c2ccn[nH]2)cc1. The molecule has 0 aliphatic carbocycles. The Labute approximate surface area is 115 Å². The zero-order chi connectivity index (χ0) is 14.6. The van der Waals surface area contributed by atoms with Crippen LogP contribution in [0.25, 0.3) is 0 Å². The molecule has 1 aromatic carbocycles. The molecule has 9 heteroatoms. The Morgan fingerprint density at radius 1 is 1.15 bits per heavy atom. The summed E-state index contributed by atoms with van der Waals surface area (Å²) in [7, 11) is -2.18. The van der Waals surface area contributed by atoms with Gasteiger partial charge in [-0.3, -0.25) is 9.82 Å². The number of carbonyl (C=O) groups excluding carboxylic acids is 1. The van der Waals surface area contributed by atoms with Crippen LogP contribution in [0.1, 0.15) is 0 Å². The molecule has 4 N–H and O–H groups in total. The first-order valence-corrected chi connectivity index (χ1v) is 7.10. The molecule has 2 amide bonds. The van der Waals surface area contributed by atoms with Crippen molar-refractivity contribution in [1.29, 1.82) is 0 Å². The maximum atomic E-state index is 11.9. The van der Waals surface area contributed by atoms with Crippen molar-refractivity contribution in [2.24, 2.45) is 0 Å². The van der Waals surface area contributed by atoms with E-state index in [9.17, 15) is 13.2 Å². The van der Waals surface area contributed by atoms with Gasteiger partial charge in [-0.2, -0.15) is 13.5 Å². The van der Waals surface area contributed by atoms with Crippen LogP contribution in [-0.2, 0) is 10.0 Å². The molecule has 0 radical (unpaired) electrons. The number of anilines is 2. The van der Waals surface area contributed by atoms with Crippen LogP contribution in [0.3, 0.4) is 0 Å². The number of aromatic amines is 1. The third kappa shape index (κ3) is 3.26. The van der Waals surface area contributed by atoms with Gasteiger partial charge in [0.1, 0.15) is 0 Å². The van der Waals surface area contributed by atoms with Gasteiger partial charge in [0.2, 0.25) is 0 Å². The third-order valence-electron chi connectivity index (χ3n) is 2.39. The molecule has 0 saturated heterocycles. The average Bonchev–Trinajstić information content (AvgIpc) is 2.95. The van der Waals surface area contributed by atoms with Crippen LogP contribution in [-0.4, -0.2) is 31.7 Å². The van der Waals surface area contributed by atoms with E-state index in [2.05, 4.69) is 25.6 Å². The van der Waals surface area contributed by atoms with E-state index in [-0.39, 0.29) is 11.1 Å². The normalized spacial score (nSPS) is 10.8. The van der Waals surface area contributed by atoms with Crippen molar-refractivity contribution in [3.05, 3.63) is 36.5 Å². The predicted molar refractivity (Wildman–Crippen MR) is 73.9 cm³/mol. The molecule has 8 nitrogen and oxygen atoms in total. The highest BCUT2D eigenvalue weighted by Crippen LogP contribution is 2.17. The number of carbonyl (C=O) groups is 1. The molecule has 2 aromatic rings. The quantitative estimate of drug-likeness (QED) is 0.672. The summed E-state index contributed by atoms with van der Waals surface area (Å²) in [5.41, 5.74) is 0.927. The predicted octanol–water partition coefficient (Wildman–Crippen LogP) is 0.962. The second-order valence-electron chi connectivity index (χ2n) is 3.81. The van der Waals surface area contributed by atoms with Crippen LogP contribution in [0.2, 0.25) is 0 Å². The standard InChI is InChI=1S/C11H13N5O3S/c1-12-11(17)14-8-2-4-9(5-3-8)16-20(18,19)10-6-7-13-15-10/h2-7,16H,1H3,(H,13,15)(H2,12,14,17). The molecule has 0 spiro atoms. The number of sulfonamides is 1. The minimum absolute atomic E-state index is 0.0231. The number of rotatable bonds is 4. The van der Waals surface area contributed by atoms with Gasteiger partial charge in [-0.15, -0.1) is 0 Å². The molecule has 1 heterocycles. The van der Waals surface area contributed by atoms with Crippen LogP contribution in [0.4, 0.5) is 16.2 Å². The first-order valence-electron chi connectivity index (χ1n) is 5.62. The number of hydrogen-bond donors (Lipinski definition) is 4. The summed E-state index contributed by atoms with van der Waals surface area (Å²) in [6.07, 6.45) is 1.35. The van der Waals surface area contributed by atoms with E-state index in [4.69, 9.17) is 0 Å². The highest BCUT2D eigenvalue weighted by atomic mass is 32.2. The Balaban J connectivity index is 2.10. The van der Waals surface area contributed by atoms with Crippen LogP contribution in [0.5, 0.6) is 0 Å². The highest BCUT2D eigenvalue weighted by molar-refractivity contribution is 7.92. The van der Waals surface area contributed by atoms with Crippen molar-refractivity contribution >= 4 is 27.4 Å². The monoisotopic (exact) mass is 295 g/mol. The first-order chi connectivity index (χ1) is 9.51. The molecule has 0 atom stereocenters. The van der Waals surface area contributed by atoms with Gasteiger partial charge in [0.15, 0.2) is 5.03 Å². The second-order valence-corrected chi connectivity index (χ2v) is 5.46. The molecule has 0 unspecified atom stereocenters. The molecule has 1 aromatic heterocycles. The zero-order valence-electron chi connectivity index (χ0n) is 10.5. The lowest BCUT2D eigenvalue weighted by Gasteiger charge is -2.08. The number of amides is 2. The minimum atomic E-state index is -3.68. The molecule has 0 aliphatic rings. The van der Waals surface area contributed by atoms with Crippen molar-refractivity contribution in [3.8, 4) is 0 Å². The fourth-order valence-corrected chi connectivity index (χ4v) is 2.39. The minimum Gasteiger partial charge on any atom is -0.341 e. The lowest BCUT2D eigenvalue weighted by atomic mass is 10.3. The number of urea groups is 1. The highest BCUT2D eigenvalue weighted by Gasteiger charge is 2.15. The third-order valence-corrected chi connectivity index (χ3v) is 3.70. The Morgan fingerprint density at radius 2 is 1.80 bits per heavy atom. The Hall–Kier alpha value is -2.55. The van der Waals surface area contributed by atoms with E-state index in [0.717, 1.165) is 0 Å². The van der Waals surface area contributed by atoms with E-state index in [0.29, 0.717) is 11.4 Å². The molecule has 0 aliphatic heterocycles. The van der Waals surface area contributed by atoms with Gasteiger partial charge in [-0.25, -0.2) is 4.79 Å². The van der Waals surface area contributed by atoms with Crippen LogP contribution in [0.15, 0.2) is 41.6 Å². The summed E-state index contributed by atoms with van der Waals surface area (Å²) in [4.78, 5) is 11.1. The number of H-pyrrole nitrogens is 1. The topological polar surface area (TPSA) is 116 Å². The summed E-state index contributed by atoms with van der Waals surface area (Å²) in [5, 5.41) is 10.9. The van der Waals surface area contributed by atoms with E-state index < -0.39 is 10.0 Å². The van der Waals surface area contributed by atoms with Gasteiger partial charge < -0.3 is 10.6 Å². The zero-order valence-corrected chi connectivity index (χ0v) is 11.4. The molecule has 20 heavy (non-hydrogen) atoms. The van der Waals surface area contributed by atoms with Crippen LogP contribution in [0, 0.1) is 0 Å². The largest absolute Gasteiger partial charge is 0.341 e. The maximum absolute atomic E-state index is 11.9. The smallest absolute Gasteiger partial charge is 0.318 e. The first kappa shape index (κ1) is 13.9. The molecule has 0 saturated carbocycles. The molecule has 0 fully saturated rings. The lowest BCUT2D eigenvalue weighted by molar-refractivity contribution is 0.254. The number of benzene rings is 1. The van der Waals surface area contributed by atoms with Crippen molar-refractivity contribution in [3.63, 3.8) is 0 Å². The summed E-state index contributed by atoms with van der Waals surface area (Å²) < 4.78 is 26.2. The van der Waals surface area contributed by atoms with Gasteiger partial charge in [-0.1, -0.05) is 0 Å². The number of aromatic nitrogens is 2. The summed E-state index contributed by atoms with van der Waals surface area (Å²) >= 11 is 0. The Morgan fingerprint density at radius 3 is 2.35 bits per heavy atom. The molecule has 0 bridgehead atoms. The molecule has 2 rings (SSSR count). The second kappa shape index (κ2) is 5.61. The fraction of sp³-hybridized carbons (Fsp3) is 0.0909. The Kier molecular flexibility index (Phi) is 3.89. The van der Waals surface area contributed by atoms with Crippen molar-refractivity contribution in [1.82, 2.24) is 15.5 Å². The number of nitrogens with one attached hydrogen (secondary N) is 4. The molecular weight excluding hydrogens is 282 g/mol. The van der Waals surface area contributed by atoms with Crippen LogP contribution >= 0.6 is 0 Å². The molecular formula is C11H13N5O3S. The number of nitrogens with zero attached hydrogens (tertiary/aromatic N) is 1. The van der Waals surface area contributed by atoms with Crippen molar-refractivity contribution in [2.75, 3.05) is 17.1 Å². The fourth-order valence-electron chi connectivity index (χ4n) is 1.42. The lowest BCUT2D eigenvalue weighted by Crippen LogP contribution is -2.24. The summed E-state index contributed by atoms with van der Waals surface area (Å²) in [5.74, 6) is 0. The van der Waals surface area contributed by atoms with Gasteiger partial charge in [0, 0.05) is 18.4 Å². The van der Waals surface area contributed by atoms with Gasteiger partial charge in [0.05, 0.1) is 6.20 Å². The Bertz CT molecular complexity index is 679. The van der Waals surface area contributed by atoms with Crippen molar-refractivity contribution in [2.45, 2.75) is 5.03 Å². The average molecular weight is 295 g/mol. The van der Waals surface area contributed by atoms with E-state index in [1.165, 1.54) is 19.3 Å². The maximum Gasteiger partial charge on any atom is 0.318 e. The number of hydrogen-bond acceptors (Lipinski definition) is 4. The van der Waals surface area contributed by atoms with Gasteiger partial charge in [-0.05, 0) is 30.3 Å². The van der Waals surface area contributed by atoms with Crippen molar-refractivity contribution < 1.29 is 13.2 Å². The van der Waals surface area contributed by atoms with E-state index in [1.807, 2.05) is 0 Å². The summed E-state index contributed by atoms with van der Waals surface area (Å²) in [6.45, 7) is 0.